The van der Waals surface area contributed by atoms with Gasteiger partial charge in [-0.3, -0.25) is 14.0 Å². The summed E-state index contributed by atoms with van der Waals surface area (Å²) in [6, 6.07) is 9.50. The Balaban J connectivity index is 1.52. The van der Waals surface area contributed by atoms with Gasteiger partial charge in [0.25, 0.3) is 5.56 Å². The molecule has 3 heterocycles. The third-order valence-electron chi connectivity index (χ3n) is 3.88. The molecule has 3 aromatic rings. The van der Waals surface area contributed by atoms with Crippen LogP contribution < -0.4 is 10.9 Å². The van der Waals surface area contributed by atoms with E-state index in [1.165, 1.54) is 28.4 Å². The molecule has 4 rings (SSSR count). The minimum atomic E-state index is -0.569. The Labute approximate surface area is 162 Å². The molecule has 1 aromatic carbocycles. The number of thioether (sulfide) groups is 1. The molecule has 1 aliphatic heterocycles. The van der Waals surface area contributed by atoms with Gasteiger partial charge in [-0.15, -0.1) is 11.8 Å². The van der Waals surface area contributed by atoms with E-state index in [0.29, 0.717) is 33.4 Å². The van der Waals surface area contributed by atoms with Crippen molar-refractivity contribution in [2.75, 3.05) is 11.1 Å². The Bertz CT molecular complexity index is 1150. The van der Waals surface area contributed by atoms with E-state index in [0.717, 1.165) is 4.90 Å². The topological polar surface area (TPSA) is 89.8 Å². The number of nitrogens with one attached hydrogen (secondary N) is 1. The number of rotatable bonds is 3. The number of hydrogen-bond acceptors (Lipinski definition) is 6. The quantitative estimate of drug-likeness (QED) is 0.679. The first-order valence-electron chi connectivity index (χ1n) is 7.91. The van der Waals surface area contributed by atoms with Crippen LogP contribution in [0.15, 0.2) is 52.3 Å². The van der Waals surface area contributed by atoms with E-state index >= 15 is 0 Å². The Kier molecular flexibility index (Phi) is 4.59. The van der Waals surface area contributed by atoms with E-state index in [1.807, 2.05) is 0 Å². The molecular weight excluding hydrogens is 390 g/mol. The number of amides is 1. The Morgan fingerprint density at radius 2 is 2.11 bits per heavy atom. The molecule has 9 heteroatoms. The maximum atomic E-state index is 12.3. The van der Waals surface area contributed by atoms with Crippen LogP contribution in [0, 0.1) is 0 Å². The molecule has 0 atom stereocenters. The maximum Gasteiger partial charge on any atom is 0.338 e. The molecule has 1 aliphatic rings. The minimum absolute atomic E-state index is 0.112. The monoisotopic (exact) mass is 401 g/mol. The SMILES string of the molecule is O=C1CSc2ccc(C(=O)OCc3cc(=O)n4cc(Cl)ccc4n3)cc2N1. The number of pyridine rings is 1. The van der Waals surface area contributed by atoms with Crippen molar-refractivity contribution in [3.8, 4) is 0 Å². The minimum Gasteiger partial charge on any atom is -0.456 e. The first kappa shape index (κ1) is 17.6. The maximum absolute atomic E-state index is 12.3. The standard InChI is InChI=1S/C18H12ClN3O4S/c19-11-2-4-15-20-12(6-17(24)22(15)7-11)8-26-18(25)10-1-3-14-13(5-10)21-16(23)9-27-14/h1-7H,8-9H2,(H,21,23). The first-order chi connectivity index (χ1) is 13.0. The van der Waals surface area contributed by atoms with Crippen LogP contribution in [-0.2, 0) is 16.1 Å². The lowest BCUT2D eigenvalue weighted by atomic mass is 10.2. The molecule has 136 valence electrons. The molecule has 1 N–H and O–H groups in total. The number of carbonyl (C=O) groups excluding carboxylic acids is 2. The predicted octanol–water partition coefficient (Wildman–Crippen LogP) is 2.75. The highest BCUT2D eigenvalue weighted by Gasteiger charge is 2.18. The number of benzene rings is 1. The van der Waals surface area contributed by atoms with Crippen LogP contribution in [0.1, 0.15) is 16.1 Å². The highest BCUT2D eigenvalue weighted by molar-refractivity contribution is 8.00. The van der Waals surface area contributed by atoms with Crippen LogP contribution in [0.3, 0.4) is 0 Å². The van der Waals surface area contributed by atoms with Gasteiger partial charge in [-0.2, -0.15) is 0 Å². The largest absolute Gasteiger partial charge is 0.456 e. The summed E-state index contributed by atoms with van der Waals surface area (Å²) in [6.45, 7) is -0.147. The number of aromatic nitrogens is 2. The normalized spacial score (nSPS) is 13.1. The van der Waals surface area contributed by atoms with Crippen molar-refractivity contribution in [3.05, 3.63) is 69.2 Å². The molecule has 0 unspecified atom stereocenters. The van der Waals surface area contributed by atoms with Gasteiger partial charge in [-0.1, -0.05) is 11.6 Å². The van der Waals surface area contributed by atoms with Gasteiger partial charge in [0.1, 0.15) is 12.3 Å². The zero-order valence-corrected chi connectivity index (χ0v) is 15.3. The molecule has 0 saturated carbocycles. The van der Waals surface area contributed by atoms with E-state index in [1.54, 1.807) is 30.3 Å². The Hall–Kier alpha value is -2.84. The summed E-state index contributed by atoms with van der Waals surface area (Å²) in [5.74, 6) is -0.328. The molecule has 0 radical (unpaired) electrons. The highest BCUT2D eigenvalue weighted by Crippen LogP contribution is 2.32. The Morgan fingerprint density at radius 1 is 1.26 bits per heavy atom. The average molecular weight is 402 g/mol. The number of hydrogen-bond donors (Lipinski definition) is 1. The van der Waals surface area contributed by atoms with Crippen LogP contribution >= 0.6 is 23.4 Å². The van der Waals surface area contributed by atoms with E-state index in [2.05, 4.69) is 10.3 Å². The fourth-order valence-electron chi connectivity index (χ4n) is 2.63. The molecule has 1 amide bonds. The summed E-state index contributed by atoms with van der Waals surface area (Å²) in [5, 5.41) is 3.15. The molecule has 7 nitrogen and oxygen atoms in total. The van der Waals surface area contributed by atoms with Gasteiger partial charge in [0, 0.05) is 17.2 Å². The van der Waals surface area contributed by atoms with E-state index in [4.69, 9.17) is 16.3 Å². The second kappa shape index (κ2) is 7.05. The molecule has 0 fully saturated rings. The lowest BCUT2D eigenvalue weighted by Gasteiger charge is -2.16. The number of anilines is 1. The van der Waals surface area contributed by atoms with Gasteiger partial charge in [0.15, 0.2) is 0 Å². The zero-order valence-electron chi connectivity index (χ0n) is 13.8. The van der Waals surface area contributed by atoms with E-state index < -0.39 is 5.97 Å². The molecule has 0 bridgehead atoms. The summed E-state index contributed by atoms with van der Waals surface area (Å²) in [5.41, 5.74) is 1.32. The molecule has 0 spiro atoms. The van der Waals surface area contributed by atoms with Crippen LogP contribution in [0.2, 0.25) is 5.02 Å². The van der Waals surface area contributed by atoms with Crippen molar-refractivity contribution in [3.63, 3.8) is 0 Å². The zero-order chi connectivity index (χ0) is 19.0. The lowest BCUT2D eigenvalue weighted by Crippen LogP contribution is -2.19. The Morgan fingerprint density at radius 3 is 2.96 bits per heavy atom. The third-order valence-corrected chi connectivity index (χ3v) is 5.17. The number of carbonyl (C=O) groups is 2. The molecular formula is C18H12ClN3O4S. The third kappa shape index (κ3) is 3.67. The van der Waals surface area contributed by atoms with Gasteiger partial charge < -0.3 is 10.1 Å². The van der Waals surface area contributed by atoms with Crippen LogP contribution in [-0.4, -0.2) is 27.0 Å². The van der Waals surface area contributed by atoms with Crippen molar-refractivity contribution >= 4 is 46.6 Å². The number of nitrogens with zero attached hydrogens (tertiary/aromatic N) is 2. The number of ether oxygens (including phenoxy) is 1. The lowest BCUT2D eigenvalue weighted by molar-refractivity contribution is -0.113. The summed E-state index contributed by atoms with van der Waals surface area (Å²) < 4.78 is 6.58. The van der Waals surface area contributed by atoms with Gasteiger partial charge in [0.2, 0.25) is 5.91 Å². The predicted molar refractivity (Wildman–Crippen MR) is 101 cm³/mol. The summed E-state index contributed by atoms with van der Waals surface area (Å²) in [6.07, 6.45) is 1.47. The molecule has 0 saturated heterocycles. The highest BCUT2D eigenvalue weighted by atomic mass is 35.5. The van der Waals surface area contributed by atoms with Crippen molar-refractivity contribution in [2.24, 2.45) is 0 Å². The molecule has 27 heavy (non-hydrogen) atoms. The smallest absolute Gasteiger partial charge is 0.338 e. The van der Waals surface area contributed by atoms with Gasteiger partial charge in [-0.05, 0) is 30.3 Å². The summed E-state index contributed by atoms with van der Waals surface area (Å²) >= 11 is 7.29. The molecule has 0 aliphatic carbocycles. The van der Waals surface area contributed by atoms with Crippen LogP contribution in [0.25, 0.3) is 5.65 Å². The van der Waals surface area contributed by atoms with E-state index in [9.17, 15) is 14.4 Å². The second-order valence-electron chi connectivity index (χ2n) is 5.79. The average Bonchev–Trinajstić information content (AvgIpc) is 2.66. The molecule has 2 aromatic heterocycles. The fraction of sp³-hybridized carbons (Fsp3) is 0.111. The first-order valence-corrected chi connectivity index (χ1v) is 9.27. The number of halogens is 1. The number of fused-ring (bicyclic) bond motifs is 2. The van der Waals surface area contributed by atoms with Gasteiger partial charge in [0.05, 0.1) is 27.7 Å². The summed E-state index contributed by atoms with van der Waals surface area (Å²) in [4.78, 5) is 41.1. The van der Waals surface area contributed by atoms with Gasteiger partial charge >= 0.3 is 5.97 Å². The van der Waals surface area contributed by atoms with Crippen LogP contribution in [0.5, 0.6) is 0 Å². The fourth-order valence-corrected chi connectivity index (χ4v) is 3.58. The second-order valence-corrected chi connectivity index (χ2v) is 7.24. The van der Waals surface area contributed by atoms with E-state index in [-0.39, 0.29) is 18.1 Å². The van der Waals surface area contributed by atoms with Crippen molar-refractivity contribution in [1.29, 1.82) is 0 Å². The van der Waals surface area contributed by atoms with Crippen molar-refractivity contribution < 1.29 is 14.3 Å². The summed E-state index contributed by atoms with van der Waals surface area (Å²) in [7, 11) is 0. The van der Waals surface area contributed by atoms with Gasteiger partial charge in [-0.25, -0.2) is 9.78 Å². The van der Waals surface area contributed by atoms with Crippen molar-refractivity contribution in [2.45, 2.75) is 11.5 Å². The number of esters is 1. The van der Waals surface area contributed by atoms with Crippen molar-refractivity contribution in [1.82, 2.24) is 9.38 Å². The van der Waals surface area contributed by atoms with Crippen LogP contribution in [0.4, 0.5) is 5.69 Å².